The molecule has 4 aliphatic rings. The Kier molecular flexibility index (Phi) is 8.40. The second-order valence-corrected chi connectivity index (χ2v) is 11.1. The van der Waals surface area contributed by atoms with Crippen LogP contribution in [0.15, 0.2) is 77.9 Å². The van der Waals surface area contributed by atoms with E-state index in [1.807, 2.05) is 0 Å². The number of benzene rings is 2. The smallest absolute Gasteiger partial charge is 0.119 e. The molecule has 0 aromatic heterocycles. The highest BCUT2D eigenvalue weighted by Crippen LogP contribution is 2.46. The van der Waals surface area contributed by atoms with Crippen LogP contribution >= 0.6 is 0 Å². The summed E-state index contributed by atoms with van der Waals surface area (Å²) in [6.07, 6.45) is 13.4. The largest absolute Gasteiger partial charge is 0.492 e. The van der Waals surface area contributed by atoms with E-state index in [-0.39, 0.29) is 6.10 Å². The normalized spacial score (nSPS) is 22.4. The molecule has 0 amide bonds. The molecule has 2 aromatic rings. The highest BCUT2D eigenvalue weighted by Gasteiger charge is 2.27. The predicted octanol–water partition coefficient (Wildman–Crippen LogP) is 6.60. The minimum atomic E-state index is 0.197. The molecule has 38 heavy (non-hydrogen) atoms. The number of rotatable bonds is 10. The molecule has 200 valence electrons. The summed E-state index contributed by atoms with van der Waals surface area (Å²) in [5, 5.41) is 0. The summed E-state index contributed by atoms with van der Waals surface area (Å²) in [4.78, 5) is 5.03. The number of nitrogens with zero attached hydrogens (tertiary/aromatic N) is 2. The van der Waals surface area contributed by atoms with Gasteiger partial charge in [-0.15, -0.1) is 0 Å². The van der Waals surface area contributed by atoms with Crippen LogP contribution in [0.4, 0.5) is 0 Å². The summed E-state index contributed by atoms with van der Waals surface area (Å²) in [7, 11) is 0. The molecule has 0 saturated carbocycles. The number of allylic oxidation sites excluding steroid dienone is 4. The van der Waals surface area contributed by atoms with Gasteiger partial charge in [0, 0.05) is 13.1 Å². The molecular formula is C34H42N2O2. The molecule has 0 spiro atoms. The second-order valence-electron chi connectivity index (χ2n) is 11.1. The van der Waals surface area contributed by atoms with Gasteiger partial charge in [-0.1, -0.05) is 54.6 Å². The number of ether oxygens (including phenoxy) is 2. The van der Waals surface area contributed by atoms with E-state index in [9.17, 15) is 0 Å². The van der Waals surface area contributed by atoms with Crippen LogP contribution in [0.1, 0.15) is 56.1 Å². The molecule has 0 radical (unpaired) electrons. The summed E-state index contributed by atoms with van der Waals surface area (Å²) in [6, 6.07) is 19.8. The van der Waals surface area contributed by atoms with Crippen LogP contribution < -0.4 is 4.74 Å². The summed E-state index contributed by atoms with van der Waals surface area (Å²) in [5.41, 5.74) is 8.29. The molecule has 2 aliphatic carbocycles. The number of fused-ring (bicyclic) bond motifs is 1. The highest BCUT2D eigenvalue weighted by atomic mass is 16.5. The molecule has 2 aromatic carbocycles. The lowest BCUT2D eigenvalue weighted by atomic mass is 9.75. The first kappa shape index (κ1) is 25.6. The molecule has 4 heteroatoms. The van der Waals surface area contributed by atoms with Crippen LogP contribution in [0.3, 0.4) is 0 Å². The fourth-order valence-electron chi connectivity index (χ4n) is 6.51. The van der Waals surface area contributed by atoms with Crippen molar-refractivity contribution in [3.63, 3.8) is 0 Å². The molecule has 2 heterocycles. The molecule has 4 nitrogen and oxygen atoms in total. The maximum absolute atomic E-state index is 6.34. The molecule has 0 N–H and O–H groups in total. The number of hydrogen-bond acceptors (Lipinski definition) is 4. The van der Waals surface area contributed by atoms with Gasteiger partial charge in [0.2, 0.25) is 0 Å². The Bertz CT molecular complexity index is 1150. The third-order valence-corrected chi connectivity index (χ3v) is 8.58. The molecule has 2 aliphatic heterocycles. The first-order chi connectivity index (χ1) is 18.8. The number of likely N-dealkylation sites (tertiary alicyclic amines) is 2. The van der Waals surface area contributed by atoms with Crippen molar-refractivity contribution < 1.29 is 9.47 Å². The van der Waals surface area contributed by atoms with Crippen molar-refractivity contribution in [3.05, 3.63) is 89.0 Å². The van der Waals surface area contributed by atoms with Crippen LogP contribution in [0.25, 0.3) is 11.1 Å². The molecule has 2 fully saturated rings. The lowest BCUT2D eigenvalue weighted by Crippen LogP contribution is -2.26. The molecule has 6 rings (SSSR count). The fraction of sp³-hybridized carbons (Fsp3) is 0.471. The van der Waals surface area contributed by atoms with E-state index in [0.29, 0.717) is 0 Å². The highest BCUT2D eigenvalue weighted by molar-refractivity contribution is 6.02. The minimum absolute atomic E-state index is 0.197. The SMILES string of the molecule is C1=C2CCC(c3ccccc3)=C(c3ccc(OCCN4CCCC4)cc3)C2=CCC1OCCN1CCCC1. The average Bonchev–Trinajstić information content (AvgIpc) is 3.68. The quantitative estimate of drug-likeness (QED) is 0.359. The maximum Gasteiger partial charge on any atom is 0.119 e. The Balaban J connectivity index is 1.18. The number of hydrogen-bond donors (Lipinski definition) is 0. The van der Waals surface area contributed by atoms with Crippen molar-refractivity contribution >= 4 is 11.1 Å². The van der Waals surface area contributed by atoms with Crippen LogP contribution in [0.2, 0.25) is 0 Å². The Morgan fingerprint density at radius 1 is 0.711 bits per heavy atom. The standard InChI is InChI=1S/C34H42N2O2/c1-2-8-27(9-3-1)32-16-12-29-26-31(38-25-23-36-20-6-7-21-36)15-17-33(29)34(32)28-10-13-30(14-11-28)37-24-22-35-18-4-5-19-35/h1-3,8-11,13-14,17,26,31H,4-7,12,15-16,18-25H2. The molecular weight excluding hydrogens is 468 g/mol. The van der Waals surface area contributed by atoms with Crippen molar-refractivity contribution in [2.24, 2.45) is 0 Å². The third kappa shape index (κ3) is 6.14. The molecule has 2 saturated heterocycles. The zero-order chi connectivity index (χ0) is 25.6. The first-order valence-electron chi connectivity index (χ1n) is 14.8. The van der Waals surface area contributed by atoms with E-state index in [1.54, 1.807) is 0 Å². The molecule has 1 atom stereocenters. The van der Waals surface area contributed by atoms with Gasteiger partial charge >= 0.3 is 0 Å². The predicted molar refractivity (Wildman–Crippen MR) is 156 cm³/mol. The van der Waals surface area contributed by atoms with E-state index >= 15 is 0 Å². The topological polar surface area (TPSA) is 24.9 Å². The molecule has 0 bridgehead atoms. The van der Waals surface area contributed by atoms with E-state index in [4.69, 9.17) is 9.47 Å². The van der Waals surface area contributed by atoms with Gasteiger partial charge in [-0.05, 0) is 117 Å². The first-order valence-corrected chi connectivity index (χ1v) is 14.8. The minimum Gasteiger partial charge on any atom is -0.492 e. The Labute approximate surface area is 228 Å². The second kappa shape index (κ2) is 12.5. The third-order valence-electron chi connectivity index (χ3n) is 8.58. The maximum atomic E-state index is 6.34. The van der Waals surface area contributed by atoms with Crippen LogP contribution in [0, 0.1) is 0 Å². The van der Waals surface area contributed by atoms with Crippen LogP contribution in [0.5, 0.6) is 5.75 Å². The zero-order valence-electron chi connectivity index (χ0n) is 22.7. The van der Waals surface area contributed by atoms with E-state index < -0.39 is 0 Å². The Hall–Kier alpha value is -2.66. The lowest BCUT2D eigenvalue weighted by molar-refractivity contribution is 0.0695. The Morgan fingerprint density at radius 3 is 2.11 bits per heavy atom. The monoisotopic (exact) mass is 510 g/mol. The zero-order valence-corrected chi connectivity index (χ0v) is 22.7. The van der Waals surface area contributed by atoms with Gasteiger partial charge in [-0.2, -0.15) is 0 Å². The van der Waals surface area contributed by atoms with Gasteiger partial charge in [-0.25, -0.2) is 0 Å². The van der Waals surface area contributed by atoms with Crippen molar-refractivity contribution in [2.45, 2.75) is 51.0 Å². The molecule has 1 unspecified atom stereocenters. The lowest BCUT2D eigenvalue weighted by Gasteiger charge is -2.31. The Morgan fingerprint density at radius 2 is 1.39 bits per heavy atom. The fourth-order valence-corrected chi connectivity index (χ4v) is 6.51. The summed E-state index contributed by atoms with van der Waals surface area (Å²) < 4.78 is 12.5. The van der Waals surface area contributed by atoms with Gasteiger partial charge in [0.25, 0.3) is 0 Å². The van der Waals surface area contributed by atoms with Gasteiger partial charge in [0.1, 0.15) is 12.4 Å². The van der Waals surface area contributed by atoms with Crippen LogP contribution in [-0.2, 0) is 4.74 Å². The van der Waals surface area contributed by atoms with E-state index in [2.05, 4.69) is 76.5 Å². The van der Waals surface area contributed by atoms with E-state index in [1.165, 1.54) is 85.3 Å². The van der Waals surface area contributed by atoms with Gasteiger partial charge in [-0.3, -0.25) is 4.90 Å². The summed E-state index contributed by atoms with van der Waals surface area (Å²) in [5.74, 6) is 0.963. The van der Waals surface area contributed by atoms with Crippen molar-refractivity contribution in [1.29, 1.82) is 0 Å². The van der Waals surface area contributed by atoms with Gasteiger partial charge < -0.3 is 14.4 Å². The van der Waals surface area contributed by atoms with Gasteiger partial charge in [0.05, 0.1) is 12.7 Å². The van der Waals surface area contributed by atoms with E-state index in [0.717, 1.165) is 51.3 Å². The average molecular weight is 511 g/mol. The van der Waals surface area contributed by atoms with Crippen molar-refractivity contribution in [1.82, 2.24) is 9.80 Å². The van der Waals surface area contributed by atoms with Gasteiger partial charge in [0.15, 0.2) is 0 Å². The summed E-state index contributed by atoms with van der Waals surface area (Å²) >= 11 is 0. The van der Waals surface area contributed by atoms with Crippen molar-refractivity contribution in [3.8, 4) is 5.75 Å². The summed E-state index contributed by atoms with van der Waals surface area (Å²) in [6.45, 7) is 8.57. The van der Waals surface area contributed by atoms with Crippen molar-refractivity contribution in [2.75, 3.05) is 52.5 Å². The van der Waals surface area contributed by atoms with Crippen LogP contribution in [-0.4, -0.2) is 68.4 Å².